The molecule has 24 heavy (non-hydrogen) atoms. The number of piperidine rings is 1. The molecule has 1 heterocycles. The Morgan fingerprint density at radius 1 is 1.12 bits per heavy atom. The topological polar surface area (TPSA) is 52.7 Å². The Kier molecular flexibility index (Phi) is 5.38. The molecule has 0 radical (unpaired) electrons. The van der Waals surface area contributed by atoms with E-state index >= 15 is 0 Å². The highest BCUT2D eigenvalue weighted by atomic mass is 16.2. The van der Waals surface area contributed by atoms with Crippen LogP contribution < -0.4 is 5.32 Å². The van der Waals surface area contributed by atoms with Crippen LogP contribution in [0.3, 0.4) is 0 Å². The highest BCUT2D eigenvalue weighted by Gasteiger charge is 2.31. The summed E-state index contributed by atoms with van der Waals surface area (Å²) < 4.78 is 0. The average molecular weight is 329 g/mol. The number of benzene rings is 1. The van der Waals surface area contributed by atoms with Crippen molar-refractivity contribution >= 4 is 11.9 Å². The molecule has 2 aliphatic rings. The molecule has 0 bridgehead atoms. The van der Waals surface area contributed by atoms with E-state index < -0.39 is 0 Å². The van der Waals surface area contributed by atoms with Crippen LogP contribution in [0.1, 0.15) is 38.2 Å². The van der Waals surface area contributed by atoms with Crippen molar-refractivity contribution in [2.45, 2.75) is 45.2 Å². The quantitative estimate of drug-likeness (QED) is 0.903. The number of likely N-dealkylation sites (tertiary alicyclic amines) is 1. The Hall–Kier alpha value is -2.04. The molecule has 1 aliphatic heterocycles. The fourth-order valence-corrected chi connectivity index (χ4v) is 3.23. The molecule has 1 aromatic carbocycles. The molecular weight excluding hydrogens is 302 g/mol. The number of carbonyl (C=O) groups is 2. The molecule has 0 aromatic heterocycles. The van der Waals surface area contributed by atoms with Crippen LogP contribution in [0.15, 0.2) is 30.3 Å². The van der Waals surface area contributed by atoms with E-state index in [4.69, 9.17) is 0 Å². The van der Waals surface area contributed by atoms with Gasteiger partial charge in [0.05, 0.1) is 0 Å². The molecule has 1 saturated heterocycles. The summed E-state index contributed by atoms with van der Waals surface area (Å²) in [4.78, 5) is 28.7. The van der Waals surface area contributed by atoms with Gasteiger partial charge < -0.3 is 15.1 Å². The second-order valence-electron chi connectivity index (χ2n) is 6.82. The second kappa shape index (κ2) is 7.69. The lowest BCUT2D eigenvalue weighted by Gasteiger charge is -2.34. The van der Waals surface area contributed by atoms with Gasteiger partial charge in [0, 0.05) is 38.1 Å². The monoisotopic (exact) mass is 329 g/mol. The zero-order valence-electron chi connectivity index (χ0n) is 14.4. The predicted molar refractivity (Wildman–Crippen MR) is 93.4 cm³/mol. The predicted octanol–water partition coefficient (Wildman–Crippen LogP) is 2.62. The summed E-state index contributed by atoms with van der Waals surface area (Å²) in [5, 5.41) is 3.03. The Labute approximate surface area is 144 Å². The first-order valence-electron chi connectivity index (χ1n) is 9.05. The van der Waals surface area contributed by atoms with E-state index in [1.54, 1.807) is 0 Å². The molecule has 0 unspecified atom stereocenters. The molecule has 0 atom stereocenters. The molecule has 5 heteroatoms. The first kappa shape index (κ1) is 16.8. The van der Waals surface area contributed by atoms with Crippen LogP contribution in [-0.4, -0.2) is 47.4 Å². The van der Waals surface area contributed by atoms with Crippen LogP contribution in [0.4, 0.5) is 4.79 Å². The maximum Gasteiger partial charge on any atom is 0.317 e. The lowest BCUT2D eigenvalue weighted by Crippen LogP contribution is -2.47. The zero-order chi connectivity index (χ0) is 16.9. The third kappa shape index (κ3) is 4.28. The second-order valence-corrected chi connectivity index (χ2v) is 6.82. The number of urea groups is 1. The van der Waals surface area contributed by atoms with Crippen molar-refractivity contribution in [1.29, 1.82) is 0 Å². The summed E-state index contributed by atoms with van der Waals surface area (Å²) in [6, 6.07) is 10.5. The van der Waals surface area contributed by atoms with Crippen LogP contribution in [0.25, 0.3) is 0 Å². The van der Waals surface area contributed by atoms with Crippen LogP contribution in [0.2, 0.25) is 0 Å². The molecular formula is C19H27N3O2. The van der Waals surface area contributed by atoms with Gasteiger partial charge in [-0.15, -0.1) is 0 Å². The number of amides is 3. The standard InChI is InChI=1S/C19H27N3O2/c1-2-21(14-15-6-4-3-5-7-15)18(23)16-10-12-22(13-11-16)19(24)20-17-8-9-17/h3-7,16-17H,2,8-14H2,1H3,(H,20,24). The van der Waals surface area contributed by atoms with Gasteiger partial charge in [0.2, 0.25) is 5.91 Å². The van der Waals surface area contributed by atoms with E-state index in [0.717, 1.165) is 37.8 Å². The van der Waals surface area contributed by atoms with Gasteiger partial charge in [-0.1, -0.05) is 30.3 Å². The van der Waals surface area contributed by atoms with Gasteiger partial charge in [-0.3, -0.25) is 4.79 Å². The van der Waals surface area contributed by atoms with Crippen molar-refractivity contribution in [3.8, 4) is 0 Å². The van der Waals surface area contributed by atoms with Crippen LogP contribution >= 0.6 is 0 Å². The molecule has 3 amide bonds. The summed E-state index contributed by atoms with van der Waals surface area (Å²) in [5.41, 5.74) is 1.16. The van der Waals surface area contributed by atoms with Gasteiger partial charge in [0.25, 0.3) is 0 Å². The number of rotatable bonds is 5. The van der Waals surface area contributed by atoms with Crippen molar-refractivity contribution in [2.24, 2.45) is 5.92 Å². The fraction of sp³-hybridized carbons (Fsp3) is 0.579. The maximum atomic E-state index is 12.8. The van der Waals surface area contributed by atoms with Gasteiger partial charge in [0.15, 0.2) is 0 Å². The maximum absolute atomic E-state index is 12.8. The third-order valence-corrected chi connectivity index (χ3v) is 4.95. The van der Waals surface area contributed by atoms with Crippen LogP contribution in [0.5, 0.6) is 0 Å². The molecule has 1 N–H and O–H groups in total. The van der Waals surface area contributed by atoms with E-state index in [9.17, 15) is 9.59 Å². The van der Waals surface area contributed by atoms with Crippen molar-refractivity contribution in [3.63, 3.8) is 0 Å². The molecule has 1 aromatic rings. The van der Waals surface area contributed by atoms with Crippen LogP contribution in [0, 0.1) is 5.92 Å². The molecule has 130 valence electrons. The molecule has 5 nitrogen and oxygen atoms in total. The minimum absolute atomic E-state index is 0.0404. The smallest absolute Gasteiger partial charge is 0.317 e. The van der Waals surface area contributed by atoms with E-state index in [2.05, 4.69) is 17.4 Å². The Bertz CT molecular complexity index is 563. The Morgan fingerprint density at radius 2 is 1.79 bits per heavy atom. The highest BCUT2D eigenvalue weighted by Crippen LogP contribution is 2.23. The normalized spacial score (nSPS) is 18.3. The third-order valence-electron chi connectivity index (χ3n) is 4.95. The van der Waals surface area contributed by atoms with Gasteiger partial charge in [-0.2, -0.15) is 0 Å². The first-order valence-corrected chi connectivity index (χ1v) is 9.05. The molecule has 1 saturated carbocycles. The summed E-state index contributed by atoms with van der Waals surface area (Å²) in [7, 11) is 0. The van der Waals surface area contributed by atoms with Crippen molar-refractivity contribution in [2.75, 3.05) is 19.6 Å². The lowest BCUT2D eigenvalue weighted by atomic mass is 9.95. The van der Waals surface area contributed by atoms with Gasteiger partial charge in [-0.05, 0) is 38.2 Å². The van der Waals surface area contributed by atoms with E-state index in [1.165, 1.54) is 0 Å². The minimum Gasteiger partial charge on any atom is -0.338 e. The average Bonchev–Trinajstić information content (AvgIpc) is 3.44. The van der Waals surface area contributed by atoms with E-state index in [1.807, 2.05) is 34.9 Å². The van der Waals surface area contributed by atoms with E-state index in [-0.39, 0.29) is 17.9 Å². The number of hydrogen-bond acceptors (Lipinski definition) is 2. The molecule has 1 aliphatic carbocycles. The van der Waals surface area contributed by atoms with Crippen LogP contribution in [-0.2, 0) is 11.3 Å². The Morgan fingerprint density at radius 3 is 2.38 bits per heavy atom. The van der Waals surface area contributed by atoms with Gasteiger partial charge >= 0.3 is 6.03 Å². The summed E-state index contributed by atoms with van der Waals surface area (Å²) in [6.07, 6.45) is 3.74. The van der Waals surface area contributed by atoms with E-state index in [0.29, 0.717) is 25.7 Å². The zero-order valence-corrected chi connectivity index (χ0v) is 14.4. The van der Waals surface area contributed by atoms with Gasteiger partial charge in [-0.25, -0.2) is 4.79 Å². The largest absolute Gasteiger partial charge is 0.338 e. The van der Waals surface area contributed by atoms with Gasteiger partial charge in [0.1, 0.15) is 0 Å². The number of carbonyl (C=O) groups excluding carboxylic acids is 2. The highest BCUT2D eigenvalue weighted by molar-refractivity contribution is 5.80. The Balaban J connectivity index is 1.50. The fourth-order valence-electron chi connectivity index (χ4n) is 3.23. The number of nitrogens with zero attached hydrogens (tertiary/aromatic N) is 2. The minimum atomic E-state index is 0.0404. The molecule has 2 fully saturated rings. The summed E-state index contributed by atoms with van der Waals surface area (Å²) in [6.45, 7) is 4.77. The molecule has 3 rings (SSSR count). The van der Waals surface area contributed by atoms with Crippen molar-refractivity contribution < 1.29 is 9.59 Å². The number of hydrogen-bond donors (Lipinski definition) is 1. The van der Waals surface area contributed by atoms with Crippen molar-refractivity contribution in [3.05, 3.63) is 35.9 Å². The summed E-state index contributed by atoms with van der Waals surface area (Å²) in [5.74, 6) is 0.266. The summed E-state index contributed by atoms with van der Waals surface area (Å²) >= 11 is 0. The van der Waals surface area contributed by atoms with Crippen molar-refractivity contribution in [1.82, 2.24) is 15.1 Å². The number of nitrogens with one attached hydrogen (secondary N) is 1. The SMILES string of the molecule is CCN(Cc1ccccc1)C(=O)C1CCN(C(=O)NC2CC2)CC1. The lowest BCUT2D eigenvalue weighted by molar-refractivity contribution is -0.137. The first-order chi connectivity index (χ1) is 11.7. The molecule has 0 spiro atoms.